The number of hydrogen-bond acceptors (Lipinski definition) is 5. The molecule has 6 N–H and O–H groups in total. The monoisotopic (exact) mass is 277 g/mol. The van der Waals surface area contributed by atoms with Crippen molar-refractivity contribution in [3.63, 3.8) is 0 Å². The summed E-state index contributed by atoms with van der Waals surface area (Å²) in [7, 11) is 0. The largest absolute Gasteiger partial charge is 0.481 e. The second-order valence-corrected chi connectivity index (χ2v) is 4.19. The zero-order valence-electron chi connectivity index (χ0n) is 10.6. The van der Waals surface area contributed by atoms with Crippen molar-refractivity contribution < 1.29 is 23.9 Å². The van der Waals surface area contributed by atoms with E-state index in [4.69, 9.17) is 16.6 Å². The van der Waals surface area contributed by atoms with Crippen LogP contribution in [0.1, 0.15) is 32.1 Å². The Balaban J connectivity index is 4.21. The van der Waals surface area contributed by atoms with Gasteiger partial charge in [0.25, 0.3) is 0 Å². The average Bonchev–Trinajstić information content (AvgIpc) is 2.34. The van der Waals surface area contributed by atoms with E-state index in [9.17, 15) is 18.8 Å². The first-order valence-corrected chi connectivity index (χ1v) is 6.05. The number of nitrogens with one attached hydrogen (secondary N) is 1. The number of carboxylic acid groups (broad SMARTS) is 1. The van der Waals surface area contributed by atoms with Gasteiger partial charge in [0.05, 0.1) is 6.04 Å². The second kappa shape index (κ2) is 9.40. The van der Waals surface area contributed by atoms with E-state index in [1.807, 2.05) is 0 Å². The lowest BCUT2D eigenvalue weighted by Crippen LogP contribution is -2.47. The summed E-state index contributed by atoms with van der Waals surface area (Å²) >= 11 is 0. The molecule has 7 nitrogen and oxygen atoms in total. The number of halogens is 1. The van der Waals surface area contributed by atoms with Gasteiger partial charge in [-0.05, 0) is 32.2 Å². The molecule has 0 saturated heterocycles. The van der Waals surface area contributed by atoms with Gasteiger partial charge in [-0.2, -0.15) is 4.39 Å². The quantitative estimate of drug-likeness (QED) is 0.307. The van der Waals surface area contributed by atoms with E-state index < -0.39 is 30.0 Å². The molecule has 2 atom stereocenters. The van der Waals surface area contributed by atoms with Crippen LogP contribution in [0, 0.1) is 0 Å². The summed E-state index contributed by atoms with van der Waals surface area (Å²) in [6.07, 6.45) is 0.920. The zero-order valence-corrected chi connectivity index (χ0v) is 10.6. The summed E-state index contributed by atoms with van der Waals surface area (Å²) in [4.78, 5) is 32.6. The summed E-state index contributed by atoms with van der Waals surface area (Å²) in [6.45, 7) is 0.416. The Morgan fingerprint density at radius 3 is 2.32 bits per heavy atom. The molecule has 0 bridgehead atoms. The van der Waals surface area contributed by atoms with Gasteiger partial charge in [0.1, 0.15) is 6.04 Å². The highest BCUT2D eigenvalue weighted by molar-refractivity contribution is 5.87. The van der Waals surface area contributed by atoms with Gasteiger partial charge in [-0.15, -0.1) is 0 Å². The van der Waals surface area contributed by atoms with Crippen LogP contribution in [0.4, 0.5) is 4.39 Å². The van der Waals surface area contributed by atoms with Crippen LogP contribution < -0.4 is 16.8 Å². The number of nitrogens with two attached hydrogens (primary N) is 2. The third-order valence-electron chi connectivity index (χ3n) is 2.54. The Morgan fingerprint density at radius 1 is 1.21 bits per heavy atom. The highest BCUT2D eigenvalue weighted by atomic mass is 19.1. The average molecular weight is 277 g/mol. The zero-order chi connectivity index (χ0) is 14.8. The summed E-state index contributed by atoms with van der Waals surface area (Å²) < 4.78 is 12.7. The van der Waals surface area contributed by atoms with Crippen molar-refractivity contribution in [2.24, 2.45) is 11.5 Å². The Bertz CT molecular complexity index is 325. The van der Waals surface area contributed by atoms with E-state index in [1.54, 1.807) is 0 Å². The number of carboxylic acids is 1. The molecule has 0 aliphatic rings. The maximum absolute atomic E-state index is 12.7. The normalized spacial score (nSPS) is 13.6. The number of amides is 1. The van der Waals surface area contributed by atoms with E-state index in [0.717, 1.165) is 0 Å². The van der Waals surface area contributed by atoms with Gasteiger partial charge in [0.15, 0.2) is 0 Å². The van der Waals surface area contributed by atoms with Gasteiger partial charge < -0.3 is 21.9 Å². The topological polar surface area (TPSA) is 136 Å². The maximum atomic E-state index is 12.7. The summed E-state index contributed by atoms with van der Waals surface area (Å²) in [5, 5.41) is 10.6. The molecule has 0 saturated carbocycles. The Kier molecular flexibility index (Phi) is 8.64. The first-order valence-electron chi connectivity index (χ1n) is 6.05. The molecule has 0 aromatic heterocycles. The van der Waals surface area contributed by atoms with Gasteiger partial charge in [-0.3, -0.25) is 14.4 Å². The third kappa shape index (κ3) is 8.22. The molecule has 0 unspecified atom stereocenters. The van der Waals surface area contributed by atoms with Crippen LogP contribution in [0.5, 0.6) is 0 Å². The molecule has 0 radical (unpaired) electrons. The maximum Gasteiger partial charge on any atom is 0.323 e. The van der Waals surface area contributed by atoms with Gasteiger partial charge in [-0.1, -0.05) is 0 Å². The molecule has 0 spiro atoms. The minimum atomic E-state index is -1.64. The van der Waals surface area contributed by atoms with Crippen LogP contribution in [0.15, 0.2) is 0 Å². The predicted molar refractivity (Wildman–Crippen MR) is 65.8 cm³/mol. The first-order chi connectivity index (χ1) is 8.88. The van der Waals surface area contributed by atoms with Crippen molar-refractivity contribution in [3.8, 4) is 0 Å². The first kappa shape index (κ1) is 17.5. The van der Waals surface area contributed by atoms with Crippen LogP contribution in [-0.2, 0) is 14.4 Å². The molecular formula is C11H20FN3O4. The highest BCUT2D eigenvalue weighted by Crippen LogP contribution is 2.04. The number of carbonyl (C=O) groups excluding carboxylic acids is 2. The van der Waals surface area contributed by atoms with Crippen LogP contribution in [0.25, 0.3) is 0 Å². The lowest BCUT2D eigenvalue weighted by Gasteiger charge is -2.16. The summed E-state index contributed by atoms with van der Waals surface area (Å²) in [6, 6.07) is -3.96. The third-order valence-corrected chi connectivity index (χ3v) is 2.54. The van der Waals surface area contributed by atoms with Gasteiger partial charge >= 0.3 is 12.0 Å². The number of rotatable bonds is 10. The van der Waals surface area contributed by atoms with Gasteiger partial charge in [-0.25, -0.2) is 0 Å². The molecule has 19 heavy (non-hydrogen) atoms. The van der Waals surface area contributed by atoms with Crippen molar-refractivity contribution in [2.75, 3.05) is 6.54 Å². The van der Waals surface area contributed by atoms with Crippen molar-refractivity contribution in [1.82, 2.24) is 5.32 Å². The fourth-order valence-corrected chi connectivity index (χ4v) is 1.42. The fourth-order valence-electron chi connectivity index (χ4n) is 1.42. The van der Waals surface area contributed by atoms with Crippen molar-refractivity contribution in [2.45, 2.75) is 44.2 Å². The Hall–Kier alpha value is -1.54. The van der Waals surface area contributed by atoms with Crippen molar-refractivity contribution in [3.05, 3.63) is 0 Å². The van der Waals surface area contributed by atoms with Gasteiger partial charge in [0.2, 0.25) is 5.91 Å². The molecule has 0 aromatic rings. The van der Waals surface area contributed by atoms with Crippen LogP contribution in [0.2, 0.25) is 0 Å². The highest BCUT2D eigenvalue weighted by Gasteiger charge is 2.23. The van der Waals surface area contributed by atoms with E-state index in [0.29, 0.717) is 19.4 Å². The number of unbranched alkanes of at least 4 members (excludes halogenated alkanes) is 1. The lowest BCUT2D eigenvalue weighted by molar-refractivity contribution is -0.138. The lowest BCUT2D eigenvalue weighted by atomic mass is 10.1. The minimum absolute atomic E-state index is 0.0723. The van der Waals surface area contributed by atoms with E-state index in [-0.39, 0.29) is 19.3 Å². The standard InChI is InChI=1S/C11H20FN3O4/c12-10(18)8(3-1-2-6-13)15-11(19)7(14)4-5-9(16)17/h7-8H,1-6,13-14H2,(H,15,19)(H,16,17)/t7-,8-/m0/s1. The Morgan fingerprint density at radius 2 is 1.84 bits per heavy atom. The molecule has 0 heterocycles. The molecule has 1 amide bonds. The number of aliphatic carboxylic acids is 1. The molecule has 0 rings (SSSR count). The number of carbonyl (C=O) groups is 3. The van der Waals surface area contributed by atoms with Crippen LogP contribution in [-0.4, -0.2) is 41.6 Å². The van der Waals surface area contributed by atoms with Crippen LogP contribution >= 0.6 is 0 Å². The number of hydrogen-bond donors (Lipinski definition) is 4. The molecule has 0 aliphatic heterocycles. The molecule has 0 aliphatic carbocycles. The van der Waals surface area contributed by atoms with E-state index in [2.05, 4.69) is 5.32 Å². The van der Waals surface area contributed by atoms with Gasteiger partial charge in [0, 0.05) is 6.42 Å². The second-order valence-electron chi connectivity index (χ2n) is 4.19. The summed E-state index contributed by atoms with van der Waals surface area (Å²) in [5.74, 6) is -1.81. The molecule has 0 aromatic carbocycles. The van der Waals surface area contributed by atoms with Crippen molar-refractivity contribution in [1.29, 1.82) is 0 Å². The SMILES string of the molecule is NCCCC[C@H](NC(=O)[C@@H](N)CCC(=O)O)C(=O)F. The van der Waals surface area contributed by atoms with E-state index >= 15 is 0 Å². The Labute approximate surface area is 110 Å². The summed E-state index contributed by atoms with van der Waals surface area (Å²) in [5.41, 5.74) is 10.7. The molecule has 0 fully saturated rings. The minimum Gasteiger partial charge on any atom is -0.481 e. The predicted octanol–water partition coefficient (Wildman–Crippen LogP) is -0.712. The fraction of sp³-hybridized carbons (Fsp3) is 0.727. The molecular weight excluding hydrogens is 257 g/mol. The van der Waals surface area contributed by atoms with Crippen LogP contribution in [0.3, 0.4) is 0 Å². The molecule has 8 heteroatoms. The molecule has 110 valence electrons. The van der Waals surface area contributed by atoms with Crippen molar-refractivity contribution >= 4 is 17.9 Å². The smallest absolute Gasteiger partial charge is 0.323 e. The van der Waals surface area contributed by atoms with E-state index in [1.165, 1.54) is 0 Å².